The van der Waals surface area contributed by atoms with Crippen LogP contribution in [0.2, 0.25) is 0 Å². The molecule has 0 radical (unpaired) electrons. The number of rotatable bonds is 4. The third-order valence-corrected chi connectivity index (χ3v) is 2.86. The zero-order valence-corrected chi connectivity index (χ0v) is 10.8. The first-order valence-corrected chi connectivity index (χ1v) is 5.86. The zero-order chi connectivity index (χ0) is 13.1. The molecule has 0 aliphatic carbocycles. The molecule has 2 N–H and O–H groups in total. The fraction of sp³-hybridized carbons (Fsp3) is 0.417. The molecule has 0 saturated heterocycles. The topological polar surface area (TPSA) is 75.6 Å². The first kappa shape index (κ1) is 12.3. The number of aryl methyl sites for hydroxylation is 2. The number of aromatic nitrogens is 4. The van der Waals surface area contributed by atoms with E-state index in [9.17, 15) is 4.79 Å². The van der Waals surface area contributed by atoms with Crippen LogP contribution in [0.3, 0.4) is 0 Å². The standard InChI is InChI=1S/C12H17N5O/c1-8(12-9(2)15-16-10(12)3)14-11(18)7-17-6-4-5-13-17/h4-6,8H,7H2,1-3H3,(H,14,18)(H,15,16). The highest BCUT2D eigenvalue weighted by atomic mass is 16.2. The summed E-state index contributed by atoms with van der Waals surface area (Å²) in [4.78, 5) is 11.8. The van der Waals surface area contributed by atoms with E-state index in [1.165, 1.54) is 0 Å². The molecular weight excluding hydrogens is 230 g/mol. The van der Waals surface area contributed by atoms with E-state index in [1.807, 2.05) is 20.8 Å². The molecule has 0 spiro atoms. The number of nitrogens with one attached hydrogen (secondary N) is 2. The molecule has 0 aliphatic rings. The summed E-state index contributed by atoms with van der Waals surface area (Å²) in [5, 5.41) is 14.0. The van der Waals surface area contributed by atoms with E-state index in [4.69, 9.17) is 0 Å². The average Bonchev–Trinajstić information content (AvgIpc) is 2.89. The van der Waals surface area contributed by atoms with Crippen molar-refractivity contribution < 1.29 is 4.79 Å². The van der Waals surface area contributed by atoms with Crippen LogP contribution in [-0.2, 0) is 11.3 Å². The highest BCUT2D eigenvalue weighted by molar-refractivity contribution is 5.76. The minimum absolute atomic E-state index is 0.0631. The van der Waals surface area contributed by atoms with Crippen LogP contribution in [0, 0.1) is 13.8 Å². The maximum absolute atomic E-state index is 11.8. The monoisotopic (exact) mass is 247 g/mol. The third-order valence-electron chi connectivity index (χ3n) is 2.86. The number of nitrogens with zero attached hydrogens (tertiary/aromatic N) is 3. The molecule has 96 valence electrons. The minimum Gasteiger partial charge on any atom is -0.348 e. The van der Waals surface area contributed by atoms with Gasteiger partial charge in [0.05, 0.1) is 11.7 Å². The third kappa shape index (κ3) is 2.58. The molecule has 1 atom stereocenters. The summed E-state index contributed by atoms with van der Waals surface area (Å²) in [7, 11) is 0. The van der Waals surface area contributed by atoms with Crippen molar-refractivity contribution in [2.24, 2.45) is 0 Å². The van der Waals surface area contributed by atoms with Gasteiger partial charge in [0.25, 0.3) is 0 Å². The van der Waals surface area contributed by atoms with Gasteiger partial charge in [0, 0.05) is 23.7 Å². The number of carbonyl (C=O) groups excluding carboxylic acids is 1. The molecule has 2 aromatic rings. The van der Waals surface area contributed by atoms with Gasteiger partial charge >= 0.3 is 0 Å². The van der Waals surface area contributed by atoms with E-state index in [2.05, 4.69) is 20.6 Å². The Kier molecular flexibility index (Phi) is 3.45. The Balaban J connectivity index is 1.99. The van der Waals surface area contributed by atoms with Crippen molar-refractivity contribution in [2.45, 2.75) is 33.4 Å². The Hall–Kier alpha value is -2.11. The van der Waals surface area contributed by atoms with Crippen LogP contribution in [0.4, 0.5) is 0 Å². The van der Waals surface area contributed by atoms with E-state index in [0.29, 0.717) is 0 Å². The maximum atomic E-state index is 11.8. The number of H-pyrrole nitrogens is 1. The predicted octanol–water partition coefficient (Wildman–Crippen LogP) is 1.10. The molecule has 0 aliphatic heterocycles. The largest absolute Gasteiger partial charge is 0.348 e. The Morgan fingerprint density at radius 1 is 1.56 bits per heavy atom. The molecule has 18 heavy (non-hydrogen) atoms. The number of hydrogen-bond donors (Lipinski definition) is 2. The first-order chi connectivity index (χ1) is 8.58. The summed E-state index contributed by atoms with van der Waals surface area (Å²) in [6.45, 7) is 6.06. The summed E-state index contributed by atoms with van der Waals surface area (Å²) >= 11 is 0. The molecule has 0 saturated carbocycles. The Morgan fingerprint density at radius 3 is 2.89 bits per heavy atom. The Morgan fingerprint density at radius 2 is 2.33 bits per heavy atom. The van der Waals surface area contributed by atoms with Gasteiger partial charge in [-0.2, -0.15) is 10.2 Å². The molecular formula is C12H17N5O. The van der Waals surface area contributed by atoms with Gasteiger partial charge in [0.1, 0.15) is 6.54 Å². The lowest BCUT2D eigenvalue weighted by Crippen LogP contribution is -2.30. The van der Waals surface area contributed by atoms with Crippen molar-refractivity contribution in [3.8, 4) is 0 Å². The lowest BCUT2D eigenvalue weighted by Gasteiger charge is -2.14. The van der Waals surface area contributed by atoms with Crippen molar-refractivity contribution >= 4 is 5.91 Å². The fourth-order valence-corrected chi connectivity index (χ4v) is 2.10. The van der Waals surface area contributed by atoms with Crippen molar-refractivity contribution in [1.82, 2.24) is 25.3 Å². The summed E-state index contributed by atoms with van der Waals surface area (Å²) < 4.78 is 1.59. The summed E-state index contributed by atoms with van der Waals surface area (Å²) in [6, 6.07) is 1.73. The van der Waals surface area contributed by atoms with E-state index in [1.54, 1.807) is 23.1 Å². The molecule has 6 nitrogen and oxygen atoms in total. The highest BCUT2D eigenvalue weighted by Crippen LogP contribution is 2.18. The van der Waals surface area contributed by atoms with Crippen LogP contribution < -0.4 is 5.32 Å². The zero-order valence-electron chi connectivity index (χ0n) is 10.8. The van der Waals surface area contributed by atoms with E-state index >= 15 is 0 Å². The van der Waals surface area contributed by atoms with Crippen LogP contribution >= 0.6 is 0 Å². The maximum Gasteiger partial charge on any atom is 0.242 e. The normalized spacial score (nSPS) is 12.4. The molecule has 1 amide bonds. The molecule has 2 heterocycles. The second-order valence-corrected chi connectivity index (χ2v) is 4.34. The number of aromatic amines is 1. The van der Waals surface area contributed by atoms with E-state index < -0.39 is 0 Å². The molecule has 0 fully saturated rings. The van der Waals surface area contributed by atoms with Crippen LogP contribution in [0.1, 0.15) is 29.9 Å². The van der Waals surface area contributed by atoms with E-state index in [-0.39, 0.29) is 18.5 Å². The quantitative estimate of drug-likeness (QED) is 0.849. The van der Waals surface area contributed by atoms with Crippen LogP contribution in [0.25, 0.3) is 0 Å². The number of amides is 1. The number of hydrogen-bond acceptors (Lipinski definition) is 3. The minimum atomic E-state index is -0.0637. The Bertz CT molecular complexity index is 509. The fourth-order valence-electron chi connectivity index (χ4n) is 2.10. The first-order valence-electron chi connectivity index (χ1n) is 5.86. The van der Waals surface area contributed by atoms with Crippen molar-refractivity contribution in [3.63, 3.8) is 0 Å². The predicted molar refractivity (Wildman–Crippen MR) is 66.8 cm³/mol. The van der Waals surface area contributed by atoms with Gasteiger partial charge in [-0.25, -0.2) is 0 Å². The summed E-state index contributed by atoms with van der Waals surface area (Å²) in [5.74, 6) is -0.0637. The molecule has 2 rings (SSSR count). The van der Waals surface area contributed by atoms with Crippen LogP contribution in [0.5, 0.6) is 0 Å². The Labute approximate surface area is 105 Å². The van der Waals surface area contributed by atoms with Gasteiger partial charge in [0.15, 0.2) is 0 Å². The van der Waals surface area contributed by atoms with Gasteiger partial charge in [-0.1, -0.05) is 0 Å². The summed E-state index contributed by atoms with van der Waals surface area (Å²) in [5.41, 5.74) is 2.95. The van der Waals surface area contributed by atoms with Crippen LogP contribution in [-0.4, -0.2) is 25.9 Å². The van der Waals surface area contributed by atoms with Gasteiger partial charge in [0.2, 0.25) is 5.91 Å². The molecule has 0 aromatic carbocycles. The molecule has 2 aromatic heterocycles. The second kappa shape index (κ2) is 5.03. The lowest BCUT2D eigenvalue weighted by atomic mass is 10.1. The summed E-state index contributed by atoms with van der Waals surface area (Å²) in [6.07, 6.45) is 3.42. The highest BCUT2D eigenvalue weighted by Gasteiger charge is 2.16. The molecule has 1 unspecified atom stereocenters. The van der Waals surface area contributed by atoms with Crippen molar-refractivity contribution in [3.05, 3.63) is 35.4 Å². The van der Waals surface area contributed by atoms with E-state index in [0.717, 1.165) is 17.0 Å². The molecule has 6 heteroatoms. The van der Waals surface area contributed by atoms with Crippen LogP contribution in [0.15, 0.2) is 18.5 Å². The van der Waals surface area contributed by atoms with Crippen molar-refractivity contribution in [1.29, 1.82) is 0 Å². The second-order valence-electron chi connectivity index (χ2n) is 4.34. The average molecular weight is 247 g/mol. The van der Waals surface area contributed by atoms with Gasteiger partial charge < -0.3 is 5.32 Å². The smallest absolute Gasteiger partial charge is 0.242 e. The van der Waals surface area contributed by atoms with Crippen molar-refractivity contribution in [2.75, 3.05) is 0 Å². The molecule has 0 bridgehead atoms. The van der Waals surface area contributed by atoms with Gasteiger partial charge in [-0.3, -0.25) is 14.6 Å². The lowest BCUT2D eigenvalue weighted by molar-refractivity contribution is -0.122. The SMILES string of the molecule is Cc1n[nH]c(C)c1C(C)NC(=O)Cn1cccn1. The van der Waals surface area contributed by atoms with Gasteiger partial charge in [-0.05, 0) is 26.8 Å². The number of carbonyl (C=O) groups is 1. The van der Waals surface area contributed by atoms with Gasteiger partial charge in [-0.15, -0.1) is 0 Å².